The second-order valence-corrected chi connectivity index (χ2v) is 5.82. The highest BCUT2D eigenvalue weighted by Gasteiger charge is 2.17. The topological polar surface area (TPSA) is 67.2 Å². The summed E-state index contributed by atoms with van der Waals surface area (Å²) >= 11 is 0. The fourth-order valence-corrected chi connectivity index (χ4v) is 3.05. The molecule has 1 amide bonds. The van der Waals surface area contributed by atoms with Crippen molar-refractivity contribution in [3.8, 4) is 0 Å². The van der Waals surface area contributed by atoms with Crippen LogP contribution in [0.15, 0.2) is 29.1 Å². The molecular weight excluding hydrogens is 292 g/mol. The van der Waals surface area contributed by atoms with Gasteiger partial charge < -0.3 is 10.2 Å². The Morgan fingerprint density at radius 2 is 2.00 bits per heavy atom. The smallest absolute Gasteiger partial charge is 0.275 e. The fraction of sp³-hybridized carbons (Fsp3) is 0.471. The van der Waals surface area contributed by atoms with Gasteiger partial charge in [0.1, 0.15) is 0 Å². The van der Waals surface area contributed by atoms with Gasteiger partial charge in [-0.05, 0) is 45.0 Å². The number of carbonyl (C=O) groups is 1. The number of nitrogens with zero attached hydrogens (tertiary/aromatic N) is 3. The van der Waals surface area contributed by atoms with Gasteiger partial charge in [-0.2, -0.15) is 5.10 Å². The van der Waals surface area contributed by atoms with Gasteiger partial charge in [0.15, 0.2) is 5.69 Å². The molecule has 0 spiro atoms. The summed E-state index contributed by atoms with van der Waals surface area (Å²) in [6.45, 7) is 6.09. The lowest BCUT2D eigenvalue weighted by Gasteiger charge is -2.15. The highest BCUT2D eigenvalue weighted by Crippen LogP contribution is 2.09. The summed E-state index contributed by atoms with van der Waals surface area (Å²) in [5.74, 6) is -0.387. The second-order valence-electron chi connectivity index (χ2n) is 5.82. The van der Waals surface area contributed by atoms with Crippen LogP contribution in [0.25, 0.3) is 10.9 Å². The van der Waals surface area contributed by atoms with E-state index in [-0.39, 0.29) is 17.0 Å². The molecule has 1 aliphatic rings. The molecule has 1 fully saturated rings. The molecule has 0 atom stereocenters. The number of rotatable bonds is 5. The first-order chi connectivity index (χ1) is 11.2. The van der Waals surface area contributed by atoms with Gasteiger partial charge >= 0.3 is 0 Å². The van der Waals surface area contributed by atoms with Crippen LogP contribution < -0.4 is 10.7 Å². The van der Waals surface area contributed by atoms with Crippen molar-refractivity contribution in [1.82, 2.24) is 20.0 Å². The van der Waals surface area contributed by atoms with E-state index in [9.17, 15) is 9.59 Å². The molecule has 1 aromatic heterocycles. The molecule has 1 aliphatic heterocycles. The van der Waals surface area contributed by atoms with Crippen molar-refractivity contribution >= 4 is 16.8 Å². The summed E-state index contributed by atoms with van der Waals surface area (Å²) in [5, 5.41) is 7.61. The molecule has 0 bridgehead atoms. The predicted octanol–water partition coefficient (Wildman–Crippen LogP) is 1.24. The van der Waals surface area contributed by atoms with Crippen LogP contribution in [0, 0.1) is 0 Å². The molecule has 0 aliphatic carbocycles. The van der Waals surface area contributed by atoms with Crippen molar-refractivity contribution < 1.29 is 4.79 Å². The first-order valence-electron chi connectivity index (χ1n) is 8.21. The summed E-state index contributed by atoms with van der Waals surface area (Å²) in [4.78, 5) is 27.2. The van der Waals surface area contributed by atoms with E-state index in [1.165, 1.54) is 12.8 Å². The molecule has 122 valence electrons. The Kier molecular flexibility index (Phi) is 4.71. The van der Waals surface area contributed by atoms with E-state index in [4.69, 9.17) is 0 Å². The zero-order chi connectivity index (χ0) is 16.2. The first-order valence-corrected chi connectivity index (χ1v) is 8.21. The van der Waals surface area contributed by atoms with Gasteiger partial charge in [-0.1, -0.05) is 12.1 Å². The normalized spacial score (nSPS) is 15.2. The predicted molar refractivity (Wildman–Crippen MR) is 89.7 cm³/mol. The van der Waals surface area contributed by atoms with E-state index in [1.807, 2.05) is 19.1 Å². The number of aromatic nitrogens is 2. The summed E-state index contributed by atoms with van der Waals surface area (Å²) in [5.41, 5.74) is 0.435. The summed E-state index contributed by atoms with van der Waals surface area (Å²) < 4.78 is 1.70. The molecule has 0 radical (unpaired) electrons. The lowest BCUT2D eigenvalue weighted by molar-refractivity contribution is 0.0941. The lowest BCUT2D eigenvalue weighted by atomic mass is 10.2. The summed E-state index contributed by atoms with van der Waals surface area (Å²) in [7, 11) is 0. The maximum atomic E-state index is 12.5. The van der Waals surface area contributed by atoms with Gasteiger partial charge in [-0.3, -0.25) is 14.3 Å². The maximum absolute atomic E-state index is 12.5. The number of hydrogen-bond donors (Lipinski definition) is 1. The highest BCUT2D eigenvalue weighted by atomic mass is 16.2. The number of para-hydroxylation sites is 1. The zero-order valence-electron chi connectivity index (χ0n) is 13.4. The van der Waals surface area contributed by atoms with Gasteiger partial charge in [0.05, 0.1) is 5.52 Å². The summed E-state index contributed by atoms with van der Waals surface area (Å²) in [6, 6.07) is 7.26. The van der Waals surface area contributed by atoms with Gasteiger partial charge in [-0.15, -0.1) is 0 Å². The first kappa shape index (κ1) is 15.7. The molecule has 1 saturated heterocycles. The van der Waals surface area contributed by atoms with Gasteiger partial charge in [0.25, 0.3) is 5.91 Å². The third kappa shape index (κ3) is 3.27. The number of fused-ring (bicyclic) bond motifs is 1. The largest absolute Gasteiger partial charge is 0.349 e. The molecule has 1 aromatic carbocycles. The van der Waals surface area contributed by atoms with Crippen LogP contribution in [-0.2, 0) is 6.54 Å². The molecule has 1 N–H and O–H groups in total. The average Bonchev–Trinajstić information content (AvgIpc) is 3.09. The zero-order valence-corrected chi connectivity index (χ0v) is 13.4. The Labute approximate surface area is 135 Å². The minimum atomic E-state index is -0.387. The Balaban J connectivity index is 1.79. The monoisotopic (exact) mass is 314 g/mol. The Bertz CT molecular complexity index is 763. The van der Waals surface area contributed by atoms with Crippen molar-refractivity contribution in [3.63, 3.8) is 0 Å². The van der Waals surface area contributed by atoms with Crippen LogP contribution in [0.4, 0.5) is 0 Å². The fourth-order valence-electron chi connectivity index (χ4n) is 3.05. The van der Waals surface area contributed by atoms with Crippen LogP contribution >= 0.6 is 0 Å². The Morgan fingerprint density at radius 1 is 1.26 bits per heavy atom. The minimum absolute atomic E-state index is 0.0213. The molecule has 2 aromatic rings. The van der Waals surface area contributed by atoms with Crippen molar-refractivity contribution in [2.45, 2.75) is 26.3 Å². The van der Waals surface area contributed by atoms with Crippen LogP contribution in [0.3, 0.4) is 0 Å². The maximum Gasteiger partial charge on any atom is 0.275 e. The SMILES string of the molecule is CCn1nc(C(=O)NCCN2CCCC2)c(=O)c2ccccc21. The van der Waals surface area contributed by atoms with Crippen molar-refractivity contribution in [3.05, 3.63) is 40.2 Å². The third-order valence-corrected chi connectivity index (χ3v) is 4.29. The molecule has 6 heteroatoms. The quantitative estimate of drug-likeness (QED) is 0.902. The molecule has 2 heterocycles. The van der Waals surface area contributed by atoms with E-state index in [1.54, 1.807) is 16.8 Å². The summed E-state index contributed by atoms with van der Waals surface area (Å²) in [6.07, 6.45) is 2.45. The standard InChI is InChI=1S/C17H22N4O2/c1-2-21-14-8-4-3-7-13(14)16(22)15(19-21)17(23)18-9-12-20-10-5-6-11-20/h3-4,7-8H,2,5-6,9-12H2,1H3,(H,18,23). The van der Waals surface area contributed by atoms with Crippen LogP contribution in [-0.4, -0.2) is 46.8 Å². The number of amides is 1. The lowest BCUT2D eigenvalue weighted by Crippen LogP contribution is -2.37. The minimum Gasteiger partial charge on any atom is -0.349 e. The van der Waals surface area contributed by atoms with Gasteiger partial charge in [0, 0.05) is 25.0 Å². The third-order valence-electron chi connectivity index (χ3n) is 4.29. The van der Waals surface area contributed by atoms with Crippen molar-refractivity contribution in [2.24, 2.45) is 0 Å². The van der Waals surface area contributed by atoms with Crippen LogP contribution in [0.1, 0.15) is 30.3 Å². The number of hydrogen-bond acceptors (Lipinski definition) is 4. The van der Waals surface area contributed by atoms with Crippen molar-refractivity contribution in [1.29, 1.82) is 0 Å². The van der Waals surface area contributed by atoms with E-state index in [0.717, 1.165) is 25.2 Å². The van der Waals surface area contributed by atoms with E-state index in [2.05, 4.69) is 15.3 Å². The van der Waals surface area contributed by atoms with Gasteiger partial charge in [0.2, 0.25) is 5.43 Å². The van der Waals surface area contributed by atoms with Crippen molar-refractivity contribution in [2.75, 3.05) is 26.2 Å². The molecule has 6 nitrogen and oxygen atoms in total. The molecule has 23 heavy (non-hydrogen) atoms. The Hall–Kier alpha value is -2.21. The number of benzene rings is 1. The van der Waals surface area contributed by atoms with Gasteiger partial charge in [-0.25, -0.2) is 0 Å². The Morgan fingerprint density at radius 3 is 2.74 bits per heavy atom. The molecule has 3 rings (SSSR count). The van der Waals surface area contributed by atoms with E-state index < -0.39 is 0 Å². The molecule has 0 unspecified atom stereocenters. The highest BCUT2D eigenvalue weighted by molar-refractivity contribution is 5.95. The van der Waals surface area contributed by atoms with E-state index >= 15 is 0 Å². The molecular formula is C17H22N4O2. The average molecular weight is 314 g/mol. The molecule has 0 saturated carbocycles. The van der Waals surface area contributed by atoms with Crippen LogP contribution in [0.2, 0.25) is 0 Å². The van der Waals surface area contributed by atoms with Crippen LogP contribution in [0.5, 0.6) is 0 Å². The number of nitrogens with one attached hydrogen (secondary N) is 1. The number of aryl methyl sites for hydroxylation is 1. The second kappa shape index (κ2) is 6.91. The number of carbonyl (C=O) groups excluding carboxylic acids is 1. The van der Waals surface area contributed by atoms with E-state index in [0.29, 0.717) is 18.5 Å². The number of likely N-dealkylation sites (tertiary alicyclic amines) is 1.